The Hall–Kier alpha value is -2.76. The molecule has 0 aliphatic carbocycles. The lowest BCUT2D eigenvalue weighted by molar-refractivity contribution is 0.0521. The second-order valence-electron chi connectivity index (χ2n) is 6.75. The van der Waals surface area contributed by atoms with E-state index in [0.29, 0.717) is 18.7 Å². The Balaban J connectivity index is 1.46. The molecule has 1 fully saturated rings. The van der Waals surface area contributed by atoms with Crippen LogP contribution in [0, 0.1) is 0 Å². The highest BCUT2D eigenvalue weighted by Gasteiger charge is 2.27. The van der Waals surface area contributed by atoms with Crippen molar-refractivity contribution in [2.24, 2.45) is 0 Å². The second kappa shape index (κ2) is 7.23. The number of ether oxygens (including phenoxy) is 2. The standard InChI is InChI=1S/C20H23N3O3/c1-22(13-15-14-25-17-8-2-3-9-18(17)26-15)20(24)16-7-6-10-21-19(16)23-11-4-5-12-23/h2-3,6-10,15H,4-5,11-14H2,1H3/t15-/m0/s1. The number of nitrogens with zero attached hydrogens (tertiary/aromatic N) is 3. The van der Waals surface area contributed by atoms with Gasteiger partial charge in [-0.25, -0.2) is 4.98 Å². The average molecular weight is 353 g/mol. The van der Waals surface area contributed by atoms with Crippen LogP contribution >= 0.6 is 0 Å². The van der Waals surface area contributed by atoms with Crippen molar-refractivity contribution in [2.45, 2.75) is 18.9 Å². The summed E-state index contributed by atoms with van der Waals surface area (Å²) >= 11 is 0. The molecular weight excluding hydrogens is 330 g/mol. The number of hydrogen-bond acceptors (Lipinski definition) is 5. The van der Waals surface area contributed by atoms with Crippen LogP contribution in [0.25, 0.3) is 0 Å². The molecule has 1 aromatic carbocycles. The number of benzene rings is 1. The Labute approximate surface area is 153 Å². The highest BCUT2D eigenvalue weighted by molar-refractivity contribution is 5.98. The van der Waals surface area contributed by atoms with Crippen LogP contribution in [0.1, 0.15) is 23.2 Å². The summed E-state index contributed by atoms with van der Waals surface area (Å²) in [5.74, 6) is 2.22. The molecule has 3 heterocycles. The molecule has 6 nitrogen and oxygen atoms in total. The van der Waals surface area contributed by atoms with Gasteiger partial charge in [0.2, 0.25) is 0 Å². The van der Waals surface area contributed by atoms with Crippen molar-refractivity contribution < 1.29 is 14.3 Å². The van der Waals surface area contributed by atoms with Gasteiger partial charge < -0.3 is 19.3 Å². The second-order valence-corrected chi connectivity index (χ2v) is 6.75. The van der Waals surface area contributed by atoms with Crippen molar-refractivity contribution in [1.29, 1.82) is 0 Å². The van der Waals surface area contributed by atoms with Crippen LogP contribution in [-0.2, 0) is 0 Å². The number of para-hydroxylation sites is 2. The molecule has 6 heteroatoms. The zero-order chi connectivity index (χ0) is 17.9. The fourth-order valence-electron chi connectivity index (χ4n) is 3.49. The lowest BCUT2D eigenvalue weighted by Crippen LogP contribution is -2.42. The molecule has 0 saturated carbocycles. The summed E-state index contributed by atoms with van der Waals surface area (Å²) in [4.78, 5) is 21.4. The molecule has 2 aliphatic heterocycles. The summed E-state index contributed by atoms with van der Waals surface area (Å²) in [6, 6.07) is 11.3. The van der Waals surface area contributed by atoms with Gasteiger partial charge in [-0.1, -0.05) is 12.1 Å². The molecule has 136 valence electrons. The lowest BCUT2D eigenvalue weighted by Gasteiger charge is -2.30. The van der Waals surface area contributed by atoms with Crippen LogP contribution < -0.4 is 14.4 Å². The van der Waals surface area contributed by atoms with Crippen molar-refractivity contribution in [3.8, 4) is 11.5 Å². The summed E-state index contributed by atoms with van der Waals surface area (Å²) in [6.45, 7) is 2.80. The van der Waals surface area contributed by atoms with Gasteiger partial charge in [0, 0.05) is 26.3 Å². The van der Waals surface area contributed by atoms with E-state index in [-0.39, 0.29) is 12.0 Å². The van der Waals surface area contributed by atoms with E-state index in [2.05, 4.69) is 9.88 Å². The predicted molar refractivity (Wildman–Crippen MR) is 99.0 cm³/mol. The first-order valence-corrected chi connectivity index (χ1v) is 9.06. The number of likely N-dealkylation sites (N-methyl/N-ethyl adjacent to an activating group) is 1. The van der Waals surface area contributed by atoms with Gasteiger partial charge in [0.25, 0.3) is 5.91 Å². The average Bonchev–Trinajstić information content (AvgIpc) is 3.22. The maximum Gasteiger partial charge on any atom is 0.257 e. The maximum atomic E-state index is 13.0. The Bertz CT molecular complexity index is 789. The van der Waals surface area contributed by atoms with Crippen molar-refractivity contribution in [3.05, 3.63) is 48.2 Å². The molecule has 0 N–H and O–H groups in total. The summed E-state index contributed by atoms with van der Waals surface area (Å²) in [5.41, 5.74) is 0.647. The number of pyridine rings is 1. The van der Waals surface area contributed by atoms with Gasteiger partial charge in [0.15, 0.2) is 17.6 Å². The summed E-state index contributed by atoms with van der Waals surface area (Å²) in [5, 5.41) is 0. The third-order valence-electron chi connectivity index (χ3n) is 4.81. The molecule has 26 heavy (non-hydrogen) atoms. The van der Waals surface area contributed by atoms with Crippen molar-refractivity contribution in [1.82, 2.24) is 9.88 Å². The SMILES string of the molecule is CN(C[C@H]1COc2ccccc2O1)C(=O)c1cccnc1N1CCCC1. The lowest BCUT2D eigenvalue weighted by atomic mass is 10.2. The number of hydrogen-bond donors (Lipinski definition) is 0. The van der Waals surface area contributed by atoms with Crippen molar-refractivity contribution in [2.75, 3.05) is 38.2 Å². The zero-order valence-electron chi connectivity index (χ0n) is 14.9. The first-order chi connectivity index (χ1) is 12.7. The number of fused-ring (bicyclic) bond motifs is 1. The van der Waals surface area contributed by atoms with Crippen molar-refractivity contribution >= 4 is 11.7 Å². The van der Waals surface area contributed by atoms with Gasteiger partial charge in [-0.05, 0) is 37.1 Å². The Morgan fingerprint density at radius 3 is 2.77 bits per heavy atom. The summed E-state index contributed by atoms with van der Waals surface area (Å²) in [6.07, 6.45) is 3.85. The molecule has 2 aromatic rings. The highest BCUT2D eigenvalue weighted by Crippen LogP contribution is 2.31. The Kier molecular flexibility index (Phi) is 4.65. The molecule has 0 unspecified atom stereocenters. The third-order valence-corrected chi connectivity index (χ3v) is 4.81. The van der Waals surface area contributed by atoms with Gasteiger partial charge >= 0.3 is 0 Å². The van der Waals surface area contributed by atoms with Gasteiger partial charge in [-0.2, -0.15) is 0 Å². The van der Waals surface area contributed by atoms with Crippen LogP contribution in [0.15, 0.2) is 42.6 Å². The normalized spacial score (nSPS) is 18.7. The van der Waals surface area contributed by atoms with E-state index in [4.69, 9.17) is 9.47 Å². The number of carbonyl (C=O) groups excluding carboxylic acids is 1. The van der Waals surface area contributed by atoms with Gasteiger partial charge in [0.1, 0.15) is 12.4 Å². The van der Waals surface area contributed by atoms with Crippen LogP contribution in [-0.4, -0.2) is 55.2 Å². The molecule has 2 aliphatic rings. The number of amides is 1. The minimum atomic E-state index is -0.189. The van der Waals surface area contributed by atoms with Crippen LogP contribution in [0.3, 0.4) is 0 Å². The van der Waals surface area contributed by atoms with Crippen molar-refractivity contribution in [3.63, 3.8) is 0 Å². The quantitative estimate of drug-likeness (QED) is 0.846. The van der Waals surface area contributed by atoms with Gasteiger partial charge in [0.05, 0.1) is 12.1 Å². The molecule has 4 rings (SSSR count). The fraction of sp³-hybridized carbons (Fsp3) is 0.400. The predicted octanol–water partition coefficient (Wildman–Crippen LogP) is 2.59. The number of rotatable bonds is 4. The van der Waals surface area contributed by atoms with E-state index >= 15 is 0 Å². The first kappa shape index (κ1) is 16.7. The van der Waals surface area contributed by atoms with Gasteiger partial charge in [-0.15, -0.1) is 0 Å². The largest absolute Gasteiger partial charge is 0.486 e. The molecular formula is C20H23N3O3. The first-order valence-electron chi connectivity index (χ1n) is 9.06. The van der Waals surface area contributed by atoms with E-state index in [1.54, 1.807) is 18.1 Å². The van der Waals surface area contributed by atoms with E-state index in [1.807, 2.05) is 36.4 Å². The summed E-state index contributed by atoms with van der Waals surface area (Å²) < 4.78 is 11.7. The third kappa shape index (κ3) is 3.31. The topological polar surface area (TPSA) is 54.9 Å². The number of anilines is 1. The Morgan fingerprint density at radius 1 is 1.19 bits per heavy atom. The van der Waals surface area contributed by atoms with Crippen LogP contribution in [0.4, 0.5) is 5.82 Å². The Morgan fingerprint density at radius 2 is 1.96 bits per heavy atom. The van der Waals surface area contributed by atoms with Crippen LogP contribution in [0.2, 0.25) is 0 Å². The minimum absolute atomic E-state index is 0.0394. The number of carbonyl (C=O) groups is 1. The molecule has 1 saturated heterocycles. The molecule has 0 bridgehead atoms. The zero-order valence-corrected chi connectivity index (χ0v) is 14.9. The molecule has 0 spiro atoms. The smallest absolute Gasteiger partial charge is 0.257 e. The molecule has 0 radical (unpaired) electrons. The molecule has 1 atom stereocenters. The fourth-order valence-corrected chi connectivity index (χ4v) is 3.49. The monoisotopic (exact) mass is 353 g/mol. The molecule has 1 aromatic heterocycles. The van der Waals surface area contributed by atoms with E-state index in [0.717, 1.165) is 43.2 Å². The van der Waals surface area contributed by atoms with E-state index < -0.39 is 0 Å². The van der Waals surface area contributed by atoms with Crippen LogP contribution in [0.5, 0.6) is 11.5 Å². The minimum Gasteiger partial charge on any atom is -0.486 e. The van der Waals surface area contributed by atoms with Gasteiger partial charge in [-0.3, -0.25) is 4.79 Å². The highest BCUT2D eigenvalue weighted by atomic mass is 16.6. The molecule has 1 amide bonds. The summed E-state index contributed by atoms with van der Waals surface area (Å²) in [7, 11) is 1.80. The van der Waals surface area contributed by atoms with E-state index in [1.165, 1.54) is 0 Å². The maximum absolute atomic E-state index is 13.0. The number of aromatic nitrogens is 1. The van der Waals surface area contributed by atoms with E-state index in [9.17, 15) is 4.79 Å².